The first kappa shape index (κ1) is 29.2. The van der Waals surface area contributed by atoms with E-state index in [9.17, 15) is 18.8 Å². The molecule has 3 aromatic carbocycles. The molecule has 2 aromatic heterocycles. The Bertz CT molecular complexity index is 2110. The number of amides is 1. The maximum Gasteiger partial charge on any atom is 0.308 e. The fraction of sp³-hybridized carbons (Fsp3) is 0.194. The number of pyridine rings is 1. The summed E-state index contributed by atoms with van der Waals surface area (Å²) in [7, 11) is 0. The van der Waals surface area contributed by atoms with Gasteiger partial charge in [-0.3, -0.25) is 24.1 Å². The van der Waals surface area contributed by atoms with Gasteiger partial charge in [0.05, 0.1) is 19.3 Å². The summed E-state index contributed by atoms with van der Waals surface area (Å²) in [5, 5.41) is 4.07. The van der Waals surface area contributed by atoms with Gasteiger partial charge in [-0.15, -0.1) is 11.3 Å². The van der Waals surface area contributed by atoms with E-state index in [-0.39, 0.29) is 36.4 Å². The first-order chi connectivity index (χ1) is 22.9. The molecule has 47 heavy (non-hydrogen) atoms. The van der Waals surface area contributed by atoms with Crippen molar-refractivity contribution >= 4 is 23.2 Å². The van der Waals surface area contributed by atoms with E-state index in [1.165, 1.54) is 19.1 Å². The van der Waals surface area contributed by atoms with Crippen LogP contribution >= 0.6 is 11.3 Å². The molecule has 0 N–H and O–H groups in total. The van der Waals surface area contributed by atoms with Crippen LogP contribution in [0.2, 0.25) is 0 Å². The Labute approximate surface area is 272 Å². The largest absolute Gasteiger partial charge is 0.482 e. The molecule has 1 saturated heterocycles. The minimum absolute atomic E-state index is 0.000987. The Hall–Kier alpha value is -5.26. The van der Waals surface area contributed by atoms with E-state index in [1.54, 1.807) is 57.4 Å². The Morgan fingerprint density at radius 2 is 1.79 bits per heavy atom. The second kappa shape index (κ2) is 11.5. The van der Waals surface area contributed by atoms with Crippen molar-refractivity contribution in [3.05, 3.63) is 129 Å². The molecule has 11 heteroatoms. The molecule has 1 amide bonds. The highest BCUT2D eigenvalue weighted by molar-refractivity contribution is 7.14. The number of morpholine rings is 1. The predicted octanol–water partition coefficient (Wildman–Crippen LogP) is 5.74. The van der Waals surface area contributed by atoms with Gasteiger partial charge in [0, 0.05) is 36.2 Å². The Balaban J connectivity index is 1.29. The van der Waals surface area contributed by atoms with E-state index in [1.807, 2.05) is 29.6 Å². The second-order valence-electron chi connectivity index (χ2n) is 11.5. The van der Waals surface area contributed by atoms with Crippen LogP contribution in [0.3, 0.4) is 0 Å². The van der Waals surface area contributed by atoms with E-state index in [2.05, 4.69) is 17.1 Å². The van der Waals surface area contributed by atoms with E-state index in [0.717, 1.165) is 32.7 Å². The number of hydrogen-bond donors (Lipinski definition) is 0. The van der Waals surface area contributed by atoms with Gasteiger partial charge in [-0.05, 0) is 63.5 Å². The zero-order valence-corrected chi connectivity index (χ0v) is 26.0. The molecule has 8 rings (SSSR count). The molecule has 236 valence electrons. The monoisotopic (exact) mass is 649 g/mol. The summed E-state index contributed by atoms with van der Waals surface area (Å²) in [6, 6.07) is 22.6. The summed E-state index contributed by atoms with van der Waals surface area (Å²) in [6.45, 7) is 2.23. The van der Waals surface area contributed by atoms with Gasteiger partial charge in [0.15, 0.2) is 11.4 Å². The molecule has 1 unspecified atom stereocenters. The lowest BCUT2D eigenvalue weighted by molar-refractivity contribution is -0.131. The fourth-order valence-electron chi connectivity index (χ4n) is 6.76. The number of aromatic nitrogens is 1. The lowest BCUT2D eigenvalue weighted by Crippen LogP contribution is -2.66. The Kier molecular flexibility index (Phi) is 7.15. The smallest absolute Gasteiger partial charge is 0.308 e. The topological polar surface area (TPSA) is 90.3 Å². The van der Waals surface area contributed by atoms with Gasteiger partial charge >= 0.3 is 5.97 Å². The van der Waals surface area contributed by atoms with Crippen molar-refractivity contribution in [2.75, 3.05) is 24.8 Å². The molecule has 4 heterocycles. The average Bonchev–Trinajstić information content (AvgIpc) is 3.53. The zero-order chi connectivity index (χ0) is 32.2. The third-order valence-electron chi connectivity index (χ3n) is 8.75. The molecule has 3 aliphatic rings. The zero-order valence-electron chi connectivity index (χ0n) is 25.2. The molecule has 0 spiro atoms. The van der Waals surface area contributed by atoms with Gasteiger partial charge in [-0.1, -0.05) is 42.5 Å². The summed E-state index contributed by atoms with van der Waals surface area (Å²) in [5.41, 5.74) is 4.93. The molecular weight excluding hydrogens is 621 g/mol. The van der Waals surface area contributed by atoms with Gasteiger partial charge < -0.3 is 19.1 Å². The number of thiophene rings is 1. The first-order valence-corrected chi connectivity index (χ1v) is 16.1. The van der Waals surface area contributed by atoms with Crippen LogP contribution in [0.15, 0.2) is 95.2 Å². The number of ether oxygens (including phenoxy) is 3. The molecule has 0 saturated carbocycles. The molecule has 1 fully saturated rings. The number of halogens is 1. The number of carbonyl (C=O) groups is 2. The Morgan fingerprint density at radius 3 is 2.62 bits per heavy atom. The van der Waals surface area contributed by atoms with Crippen LogP contribution in [0, 0.1) is 5.82 Å². The SMILES string of the molecule is CC(=O)Oc1ccc(COc2c3n(ccc2=O)N(C2c4ccc(F)cc4-c4ccsc4-c4ccccc42)[C@@H]2COCCN2C3=O)cc1. The Morgan fingerprint density at radius 1 is 0.979 bits per heavy atom. The standard InChI is InChI=1S/C36H28FN3O6S/c1-21(41)46-24-9-6-22(7-10-24)19-45-34-30(42)12-14-39-33(34)36(43)38-15-16-44-20-31(38)40(39)32-25-4-2-3-5-27(25)35-28(13-17-47-35)29-18-23(37)8-11-26(29)32/h2-14,17-18,31-32H,15-16,19-20H2,1H3/t31-,32?/m1/s1. The summed E-state index contributed by atoms with van der Waals surface area (Å²) in [6.07, 6.45) is 1.08. The minimum Gasteiger partial charge on any atom is -0.482 e. The highest BCUT2D eigenvalue weighted by Gasteiger charge is 2.46. The van der Waals surface area contributed by atoms with Crippen molar-refractivity contribution in [2.45, 2.75) is 25.7 Å². The fourth-order valence-corrected chi connectivity index (χ4v) is 7.72. The van der Waals surface area contributed by atoms with Crippen LogP contribution in [-0.4, -0.2) is 47.4 Å². The summed E-state index contributed by atoms with van der Waals surface area (Å²) >= 11 is 1.60. The number of fused-ring (bicyclic) bond motifs is 7. The van der Waals surface area contributed by atoms with Gasteiger partial charge in [-0.2, -0.15) is 0 Å². The molecule has 0 radical (unpaired) electrons. The average molecular weight is 650 g/mol. The van der Waals surface area contributed by atoms with E-state index in [4.69, 9.17) is 14.2 Å². The highest BCUT2D eigenvalue weighted by Crippen LogP contribution is 2.50. The number of rotatable bonds is 5. The van der Waals surface area contributed by atoms with Gasteiger partial charge in [0.1, 0.15) is 24.3 Å². The van der Waals surface area contributed by atoms with Crippen molar-refractivity contribution in [2.24, 2.45) is 0 Å². The lowest BCUT2D eigenvalue weighted by atomic mass is 9.92. The van der Waals surface area contributed by atoms with Crippen molar-refractivity contribution < 1.29 is 28.2 Å². The minimum atomic E-state index is -0.528. The molecule has 0 bridgehead atoms. The van der Waals surface area contributed by atoms with Crippen molar-refractivity contribution in [1.82, 2.24) is 9.58 Å². The van der Waals surface area contributed by atoms with Crippen molar-refractivity contribution in [3.63, 3.8) is 0 Å². The summed E-state index contributed by atoms with van der Waals surface area (Å²) < 4.78 is 33.9. The van der Waals surface area contributed by atoms with Gasteiger partial charge in [0.2, 0.25) is 5.43 Å². The summed E-state index contributed by atoms with van der Waals surface area (Å²) in [4.78, 5) is 41.8. The molecule has 1 aliphatic carbocycles. The maximum atomic E-state index is 14.9. The predicted molar refractivity (Wildman–Crippen MR) is 174 cm³/mol. The van der Waals surface area contributed by atoms with Crippen LogP contribution in [0.4, 0.5) is 4.39 Å². The lowest BCUT2D eigenvalue weighted by Gasteiger charge is -2.51. The maximum absolute atomic E-state index is 14.9. The second-order valence-corrected chi connectivity index (χ2v) is 12.5. The van der Waals surface area contributed by atoms with E-state index in [0.29, 0.717) is 24.5 Å². The molecular formula is C36H28FN3O6S. The number of esters is 1. The van der Waals surface area contributed by atoms with Crippen LogP contribution in [-0.2, 0) is 16.1 Å². The molecule has 2 atom stereocenters. The number of hydrogen-bond acceptors (Lipinski definition) is 8. The van der Waals surface area contributed by atoms with Crippen molar-refractivity contribution in [1.29, 1.82) is 0 Å². The first-order valence-electron chi connectivity index (χ1n) is 15.2. The number of benzene rings is 3. The quantitative estimate of drug-likeness (QED) is 0.177. The van der Waals surface area contributed by atoms with Crippen LogP contribution < -0.4 is 19.9 Å². The van der Waals surface area contributed by atoms with Crippen LogP contribution in [0.5, 0.6) is 11.5 Å². The third-order valence-corrected chi connectivity index (χ3v) is 9.70. The highest BCUT2D eigenvalue weighted by atomic mass is 32.1. The number of nitrogens with zero attached hydrogens (tertiary/aromatic N) is 3. The van der Waals surface area contributed by atoms with Gasteiger partial charge in [0.25, 0.3) is 5.91 Å². The van der Waals surface area contributed by atoms with Crippen LogP contribution in [0.1, 0.15) is 40.1 Å². The van der Waals surface area contributed by atoms with Crippen LogP contribution in [0.25, 0.3) is 21.6 Å². The number of carbonyl (C=O) groups excluding carboxylic acids is 2. The van der Waals surface area contributed by atoms with Crippen molar-refractivity contribution in [3.8, 4) is 33.1 Å². The summed E-state index contributed by atoms with van der Waals surface area (Å²) in [5.74, 6) is -0.796. The third kappa shape index (κ3) is 4.90. The van der Waals surface area contributed by atoms with Gasteiger partial charge in [-0.25, -0.2) is 4.39 Å². The molecule has 2 aliphatic heterocycles. The van der Waals surface area contributed by atoms with E-state index >= 15 is 0 Å². The normalized spacial score (nSPS) is 17.9. The van der Waals surface area contributed by atoms with E-state index < -0.39 is 23.6 Å². The molecule has 9 nitrogen and oxygen atoms in total. The molecule has 5 aromatic rings.